The molecule has 7 nitrogen and oxygen atoms in total. The van der Waals surface area contributed by atoms with E-state index in [0.717, 1.165) is 22.8 Å². The molecule has 0 spiro atoms. The first-order valence-electron chi connectivity index (χ1n) is 7.64. The van der Waals surface area contributed by atoms with Crippen LogP contribution in [0.1, 0.15) is 11.4 Å². The number of methoxy groups -OCH3 is 1. The SMILES string of the molecule is COc1ccc2nnc(CCc3cc(F)cn4c(SC)nnc34)n2c1. The van der Waals surface area contributed by atoms with E-state index >= 15 is 0 Å². The van der Waals surface area contributed by atoms with Crippen LogP contribution in [0.25, 0.3) is 11.3 Å². The van der Waals surface area contributed by atoms with Crippen LogP contribution in [0.15, 0.2) is 35.7 Å². The van der Waals surface area contributed by atoms with Crippen molar-refractivity contribution < 1.29 is 9.13 Å². The van der Waals surface area contributed by atoms with Gasteiger partial charge in [-0.3, -0.25) is 8.80 Å². The Morgan fingerprint density at radius 2 is 1.96 bits per heavy atom. The van der Waals surface area contributed by atoms with Crippen LogP contribution in [0.2, 0.25) is 0 Å². The molecular weight excluding hydrogens is 343 g/mol. The molecule has 0 saturated heterocycles. The lowest BCUT2D eigenvalue weighted by Gasteiger charge is -2.05. The molecule has 0 aliphatic carbocycles. The Balaban J connectivity index is 1.68. The molecule has 0 saturated carbocycles. The summed E-state index contributed by atoms with van der Waals surface area (Å²) in [6.07, 6.45) is 6.30. The number of hydrogen-bond acceptors (Lipinski definition) is 6. The number of hydrogen-bond donors (Lipinski definition) is 0. The molecule has 0 aliphatic rings. The number of fused-ring (bicyclic) bond motifs is 2. The second kappa shape index (κ2) is 6.32. The topological polar surface area (TPSA) is 69.6 Å². The van der Waals surface area contributed by atoms with Crippen LogP contribution >= 0.6 is 11.8 Å². The summed E-state index contributed by atoms with van der Waals surface area (Å²) in [6.45, 7) is 0. The van der Waals surface area contributed by atoms with Gasteiger partial charge in [-0.1, -0.05) is 11.8 Å². The highest BCUT2D eigenvalue weighted by Gasteiger charge is 2.13. The van der Waals surface area contributed by atoms with E-state index < -0.39 is 0 Å². The summed E-state index contributed by atoms with van der Waals surface area (Å²) < 4.78 is 22.8. The quantitative estimate of drug-likeness (QED) is 0.510. The summed E-state index contributed by atoms with van der Waals surface area (Å²) in [5.41, 5.74) is 2.19. The lowest BCUT2D eigenvalue weighted by Crippen LogP contribution is -2.02. The number of rotatable bonds is 5. The molecule has 25 heavy (non-hydrogen) atoms. The highest BCUT2D eigenvalue weighted by atomic mass is 32.2. The molecule has 0 unspecified atom stereocenters. The minimum absolute atomic E-state index is 0.314. The molecule has 4 heterocycles. The molecule has 128 valence electrons. The first kappa shape index (κ1) is 15.8. The zero-order valence-corrected chi connectivity index (χ0v) is 14.5. The molecule has 0 radical (unpaired) electrons. The third-order valence-corrected chi connectivity index (χ3v) is 4.64. The number of aromatic nitrogens is 6. The van der Waals surface area contributed by atoms with E-state index in [0.29, 0.717) is 23.6 Å². The number of nitrogens with zero attached hydrogens (tertiary/aromatic N) is 6. The number of thioether (sulfide) groups is 1. The molecule has 0 bridgehead atoms. The highest BCUT2D eigenvalue weighted by Crippen LogP contribution is 2.20. The Morgan fingerprint density at radius 3 is 2.76 bits per heavy atom. The fraction of sp³-hybridized carbons (Fsp3) is 0.250. The van der Waals surface area contributed by atoms with E-state index in [2.05, 4.69) is 20.4 Å². The normalized spacial score (nSPS) is 11.5. The largest absolute Gasteiger partial charge is 0.495 e. The maximum absolute atomic E-state index is 14.0. The third kappa shape index (κ3) is 2.80. The van der Waals surface area contributed by atoms with Crippen LogP contribution < -0.4 is 4.74 Å². The van der Waals surface area contributed by atoms with Gasteiger partial charge in [0, 0.05) is 18.2 Å². The minimum Gasteiger partial charge on any atom is -0.495 e. The minimum atomic E-state index is -0.314. The Morgan fingerprint density at radius 1 is 1.08 bits per heavy atom. The predicted molar refractivity (Wildman–Crippen MR) is 91.7 cm³/mol. The Labute approximate surface area is 146 Å². The van der Waals surface area contributed by atoms with Gasteiger partial charge in [0.2, 0.25) is 0 Å². The Kier molecular flexibility index (Phi) is 4.00. The molecule has 4 aromatic rings. The lowest BCUT2D eigenvalue weighted by atomic mass is 10.1. The van der Waals surface area contributed by atoms with Crippen LogP contribution in [0.4, 0.5) is 4.39 Å². The number of pyridine rings is 2. The monoisotopic (exact) mass is 358 g/mol. The standard InChI is InChI=1S/C16H15FN6OS/c1-24-12-4-6-14-19-18-13(22(14)9-12)5-3-10-7-11(17)8-23-15(10)20-21-16(23)25-2/h4,6-9H,3,5H2,1-2H3. The van der Waals surface area contributed by atoms with Gasteiger partial charge in [0.05, 0.1) is 13.3 Å². The van der Waals surface area contributed by atoms with Gasteiger partial charge < -0.3 is 4.74 Å². The van der Waals surface area contributed by atoms with Crippen LogP contribution in [0, 0.1) is 5.82 Å². The summed E-state index contributed by atoms with van der Waals surface area (Å²) in [6, 6.07) is 5.18. The molecule has 4 aromatic heterocycles. The third-order valence-electron chi connectivity index (χ3n) is 4.00. The summed E-state index contributed by atoms with van der Waals surface area (Å²) in [5.74, 6) is 1.19. The van der Waals surface area contributed by atoms with Crippen molar-refractivity contribution in [3.8, 4) is 5.75 Å². The average molecular weight is 358 g/mol. The van der Waals surface area contributed by atoms with Crippen molar-refractivity contribution >= 4 is 23.1 Å². The molecule has 0 aromatic carbocycles. The van der Waals surface area contributed by atoms with Crippen LogP contribution in [-0.2, 0) is 12.8 Å². The molecule has 0 fully saturated rings. The highest BCUT2D eigenvalue weighted by molar-refractivity contribution is 7.98. The van der Waals surface area contributed by atoms with E-state index in [1.807, 2.05) is 29.0 Å². The Bertz CT molecular complexity index is 1060. The number of halogens is 1. The first-order valence-corrected chi connectivity index (χ1v) is 8.87. The molecule has 9 heteroatoms. The Hall–Kier alpha value is -2.68. The molecule has 0 N–H and O–H groups in total. The predicted octanol–water partition coefficient (Wildman–Crippen LogP) is 2.43. The smallest absolute Gasteiger partial charge is 0.195 e. The lowest BCUT2D eigenvalue weighted by molar-refractivity contribution is 0.412. The van der Waals surface area contributed by atoms with E-state index in [4.69, 9.17) is 4.74 Å². The zero-order valence-electron chi connectivity index (χ0n) is 13.7. The zero-order chi connectivity index (χ0) is 17.4. The average Bonchev–Trinajstić information content (AvgIpc) is 3.22. The fourth-order valence-electron chi connectivity index (χ4n) is 2.78. The van der Waals surface area contributed by atoms with E-state index in [1.165, 1.54) is 24.0 Å². The summed E-state index contributed by atoms with van der Waals surface area (Å²) in [4.78, 5) is 0. The van der Waals surface area contributed by atoms with Gasteiger partial charge in [0.25, 0.3) is 0 Å². The molecule has 0 amide bonds. The van der Waals surface area contributed by atoms with E-state index in [1.54, 1.807) is 11.5 Å². The van der Waals surface area contributed by atoms with Crippen molar-refractivity contribution in [2.45, 2.75) is 18.0 Å². The number of aryl methyl sites for hydroxylation is 2. The van der Waals surface area contributed by atoms with Gasteiger partial charge in [-0.05, 0) is 30.9 Å². The van der Waals surface area contributed by atoms with E-state index in [9.17, 15) is 4.39 Å². The number of ether oxygens (including phenoxy) is 1. The van der Waals surface area contributed by atoms with Crippen molar-refractivity contribution in [3.05, 3.63) is 47.8 Å². The van der Waals surface area contributed by atoms with Crippen molar-refractivity contribution in [1.82, 2.24) is 29.2 Å². The molecular formula is C16H15FN6OS. The maximum Gasteiger partial charge on any atom is 0.195 e. The summed E-state index contributed by atoms with van der Waals surface area (Å²) >= 11 is 1.43. The molecule has 0 atom stereocenters. The van der Waals surface area contributed by atoms with Gasteiger partial charge in [-0.15, -0.1) is 20.4 Å². The van der Waals surface area contributed by atoms with Gasteiger partial charge >= 0.3 is 0 Å². The maximum atomic E-state index is 14.0. The van der Waals surface area contributed by atoms with Crippen molar-refractivity contribution in [3.63, 3.8) is 0 Å². The van der Waals surface area contributed by atoms with Crippen molar-refractivity contribution in [1.29, 1.82) is 0 Å². The van der Waals surface area contributed by atoms with Crippen LogP contribution in [0.3, 0.4) is 0 Å². The van der Waals surface area contributed by atoms with Gasteiger partial charge in [0.1, 0.15) is 17.4 Å². The van der Waals surface area contributed by atoms with Crippen LogP contribution in [-0.4, -0.2) is 42.6 Å². The van der Waals surface area contributed by atoms with Crippen LogP contribution in [0.5, 0.6) is 5.75 Å². The second-order valence-corrected chi connectivity index (χ2v) is 6.25. The van der Waals surface area contributed by atoms with Crippen molar-refractivity contribution in [2.75, 3.05) is 13.4 Å². The van der Waals surface area contributed by atoms with E-state index in [-0.39, 0.29) is 5.82 Å². The molecule has 4 rings (SSSR count). The fourth-order valence-corrected chi connectivity index (χ4v) is 3.24. The van der Waals surface area contributed by atoms with Crippen molar-refractivity contribution in [2.24, 2.45) is 0 Å². The first-order chi connectivity index (χ1) is 12.2. The van der Waals surface area contributed by atoms with Gasteiger partial charge in [-0.25, -0.2) is 4.39 Å². The second-order valence-electron chi connectivity index (χ2n) is 5.48. The molecule has 0 aliphatic heterocycles. The summed E-state index contributed by atoms with van der Waals surface area (Å²) in [5, 5.41) is 17.3. The van der Waals surface area contributed by atoms with Gasteiger partial charge in [0.15, 0.2) is 16.5 Å². The van der Waals surface area contributed by atoms with Gasteiger partial charge in [-0.2, -0.15) is 0 Å². The summed E-state index contributed by atoms with van der Waals surface area (Å²) in [7, 11) is 1.61.